The van der Waals surface area contributed by atoms with E-state index < -0.39 is 11.6 Å². The Morgan fingerprint density at radius 1 is 1.54 bits per heavy atom. The van der Waals surface area contributed by atoms with Crippen molar-refractivity contribution in [2.24, 2.45) is 0 Å². The first kappa shape index (κ1) is 10.1. The predicted molar refractivity (Wildman–Crippen MR) is 46.4 cm³/mol. The van der Waals surface area contributed by atoms with E-state index in [0.717, 1.165) is 0 Å². The van der Waals surface area contributed by atoms with Crippen molar-refractivity contribution in [1.29, 1.82) is 0 Å². The van der Waals surface area contributed by atoms with Gasteiger partial charge in [0.25, 0.3) is 0 Å². The molecule has 1 rings (SSSR count). The van der Waals surface area contributed by atoms with Crippen LogP contribution in [0.15, 0.2) is 0 Å². The number of hydrogen-bond donors (Lipinski definition) is 0. The Morgan fingerprint density at radius 2 is 2.15 bits per heavy atom. The van der Waals surface area contributed by atoms with E-state index in [-0.39, 0.29) is 16.7 Å². The molecule has 0 spiro atoms. The Hall–Kier alpha value is -1.03. The van der Waals surface area contributed by atoms with E-state index in [1.807, 2.05) is 0 Å². The molecule has 0 aromatic carbocycles. The molecular weight excluding hydrogens is 195 g/mol. The highest BCUT2D eigenvalue weighted by molar-refractivity contribution is 6.28. The van der Waals surface area contributed by atoms with Gasteiger partial charge in [-0.05, 0) is 18.0 Å². The van der Waals surface area contributed by atoms with Crippen LogP contribution in [0.4, 0.5) is 4.39 Å². The van der Waals surface area contributed by atoms with Gasteiger partial charge in [0, 0.05) is 6.92 Å². The maximum absolute atomic E-state index is 13.3. The topological polar surface area (TPSA) is 42.9 Å². The van der Waals surface area contributed by atoms with Gasteiger partial charge < -0.3 is 0 Å². The average Bonchev–Trinajstić information content (AvgIpc) is 2.08. The van der Waals surface area contributed by atoms with Gasteiger partial charge in [-0.25, -0.2) is 14.4 Å². The van der Waals surface area contributed by atoms with Crippen LogP contribution < -0.4 is 0 Å². The molecule has 0 aliphatic rings. The molecule has 1 aromatic rings. The standard InChI is InChI=1S/C8H8ClFN2O/c1-3-5-6(10)7(4(2)13)12-8(9)11-5/h3H2,1-2H3. The van der Waals surface area contributed by atoms with Gasteiger partial charge in [-0.1, -0.05) is 6.92 Å². The van der Waals surface area contributed by atoms with E-state index in [0.29, 0.717) is 6.42 Å². The second-order valence-corrected chi connectivity index (χ2v) is 2.85. The Labute approximate surface area is 80.0 Å². The second-order valence-electron chi connectivity index (χ2n) is 2.51. The highest BCUT2D eigenvalue weighted by Crippen LogP contribution is 2.13. The molecule has 0 saturated heterocycles. The quantitative estimate of drug-likeness (QED) is 0.545. The fourth-order valence-electron chi connectivity index (χ4n) is 0.931. The molecule has 0 aliphatic carbocycles. The molecule has 0 saturated carbocycles. The van der Waals surface area contributed by atoms with E-state index in [1.54, 1.807) is 6.92 Å². The third-order valence-electron chi connectivity index (χ3n) is 1.56. The highest BCUT2D eigenvalue weighted by Gasteiger charge is 2.15. The zero-order valence-corrected chi connectivity index (χ0v) is 8.02. The lowest BCUT2D eigenvalue weighted by molar-refractivity contribution is 0.100. The molecule has 70 valence electrons. The van der Waals surface area contributed by atoms with Gasteiger partial charge in [-0.15, -0.1) is 0 Å². The summed E-state index contributed by atoms with van der Waals surface area (Å²) in [6.07, 6.45) is 0.383. The second kappa shape index (κ2) is 3.79. The molecule has 0 N–H and O–H groups in total. The number of rotatable bonds is 2. The number of aromatic nitrogens is 2. The Balaban J connectivity index is 3.35. The molecule has 1 heterocycles. The van der Waals surface area contributed by atoms with Crippen molar-refractivity contribution in [2.45, 2.75) is 20.3 Å². The summed E-state index contributed by atoms with van der Waals surface area (Å²) < 4.78 is 13.3. The van der Waals surface area contributed by atoms with Crippen LogP contribution in [0, 0.1) is 5.82 Å². The first-order chi connectivity index (χ1) is 6.06. The number of ketones is 1. The van der Waals surface area contributed by atoms with E-state index >= 15 is 0 Å². The van der Waals surface area contributed by atoms with Crippen LogP contribution in [0.25, 0.3) is 0 Å². The van der Waals surface area contributed by atoms with Gasteiger partial charge in [-0.2, -0.15) is 0 Å². The minimum absolute atomic E-state index is 0.0940. The van der Waals surface area contributed by atoms with Crippen LogP contribution in [0.1, 0.15) is 30.0 Å². The van der Waals surface area contributed by atoms with Crippen molar-refractivity contribution >= 4 is 17.4 Å². The summed E-state index contributed by atoms with van der Waals surface area (Å²) >= 11 is 5.50. The maximum Gasteiger partial charge on any atom is 0.223 e. The van der Waals surface area contributed by atoms with Crippen molar-refractivity contribution in [1.82, 2.24) is 9.97 Å². The average molecular weight is 203 g/mol. The summed E-state index contributed by atoms with van der Waals surface area (Å²) in [5.41, 5.74) is -0.0675. The van der Waals surface area contributed by atoms with Crippen LogP contribution in [0.3, 0.4) is 0 Å². The van der Waals surface area contributed by atoms with Gasteiger partial charge in [-0.3, -0.25) is 4.79 Å². The van der Waals surface area contributed by atoms with E-state index in [9.17, 15) is 9.18 Å². The third-order valence-corrected chi connectivity index (χ3v) is 1.73. The van der Waals surface area contributed by atoms with Crippen LogP contribution in [0.2, 0.25) is 5.28 Å². The van der Waals surface area contributed by atoms with Gasteiger partial charge in [0.05, 0.1) is 5.69 Å². The number of hydrogen-bond acceptors (Lipinski definition) is 3. The molecule has 1 aromatic heterocycles. The van der Waals surface area contributed by atoms with Crippen LogP contribution >= 0.6 is 11.6 Å². The lowest BCUT2D eigenvalue weighted by Gasteiger charge is -2.02. The number of nitrogens with zero attached hydrogens (tertiary/aromatic N) is 2. The summed E-state index contributed by atoms with van der Waals surface area (Å²) in [5, 5.41) is -0.0940. The number of carbonyl (C=O) groups is 1. The molecule has 0 fully saturated rings. The smallest absolute Gasteiger partial charge is 0.223 e. The van der Waals surface area contributed by atoms with Crippen molar-refractivity contribution in [3.63, 3.8) is 0 Å². The molecule has 0 unspecified atom stereocenters. The Kier molecular flexibility index (Phi) is 2.93. The van der Waals surface area contributed by atoms with Crippen molar-refractivity contribution in [2.75, 3.05) is 0 Å². The summed E-state index contributed by atoms with van der Waals surface area (Å²) in [5.74, 6) is -1.11. The SMILES string of the molecule is CCc1nc(Cl)nc(C(C)=O)c1F. The summed E-state index contributed by atoms with van der Waals surface area (Å²) in [7, 11) is 0. The van der Waals surface area contributed by atoms with Gasteiger partial charge in [0.2, 0.25) is 5.28 Å². The molecule has 0 bridgehead atoms. The summed E-state index contributed by atoms with van der Waals surface area (Å²) in [6, 6.07) is 0. The van der Waals surface area contributed by atoms with E-state index in [1.165, 1.54) is 6.92 Å². The summed E-state index contributed by atoms with van der Waals surface area (Å²) in [6.45, 7) is 2.97. The molecule has 5 heteroatoms. The number of halogens is 2. The molecule has 0 amide bonds. The first-order valence-electron chi connectivity index (χ1n) is 3.79. The van der Waals surface area contributed by atoms with Crippen molar-refractivity contribution in [3.8, 4) is 0 Å². The number of aryl methyl sites for hydroxylation is 1. The van der Waals surface area contributed by atoms with Crippen LogP contribution in [0.5, 0.6) is 0 Å². The normalized spacial score (nSPS) is 10.2. The molecule has 0 atom stereocenters. The number of carbonyl (C=O) groups excluding carboxylic acids is 1. The van der Waals surface area contributed by atoms with Crippen molar-refractivity contribution in [3.05, 3.63) is 22.5 Å². The molecule has 13 heavy (non-hydrogen) atoms. The molecule has 0 aliphatic heterocycles. The van der Waals surface area contributed by atoms with Gasteiger partial charge in [0.15, 0.2) is 11.6 Å². The van der Waals surface area contributed by atoms with Crippen LogP contribution in [-0.4, -0.2) is 15.8 Å². The molecule has 3 nitrogen and oxygen atoms in total. The minimum Gasteiger partial charge on any atom is -0.293 e. The first-order valence-corrected chi connectivity index (χ1v) is 4.17. The summed E-state index contributed by atoms with van der Waals surface area (Å²) in [4.78, 5) is 18.1. The predicted octanol–water partition coefficient (Wildman–Crippen LogP) is 2.03. The monoisotopic (exact) mass is 202 g/mol. The van der Waals surface area contributed by atoms with Gasteiger partial charge in [0.1, 0.15) is 5.69 Å². The lowest BCUT2D eigenvalue weighted by atomic mass is 10.2. The van der Waals surface area contributed by atoms with Crippen LogP contribution in [-0.2, 0) is 6.42 Å². The van der Waals surface area contributed by atoms with Gasteiger partial charge >= 0.3 is 0 Å². The Bertz CT molecular complexity index is 354. The highest BCUT2D eigenvalue weighted by atomic mass is 35.5. The zero-order valence-electron chi connectivity index (χ0n) is 7.27. The number of Topliss-reactive ketones (excluding diaryl/α,β-unsaturated/α-hetero) is 1. The largest absolute Gasteiger partial charge is 0.293 e. The third kappa shape index (κ3) is 2.01. The van der Waals surface area contributed by atoms with E-state index in [4.69, 9.17) is 11.6 Å². The Morgan fingerprint density at radius 3 is 2.62 bits per heavy atom. The zero-order chi connectivity index (χ0) is 10.0. The maximum atomic E-state index is 13.3. The van der Waals surface area contributed by atoms with Crippen molar-refractivity contribution < 1.29 is 9.18 Å². The lowest BCUT2D eigenvalue weighted by Crippen LogP contribution is -2.07. The molecule has 0 radical (unpaired) electrons. The minimum atomic E-state index is -0.667. The van der Waals surface area contributed by atoms with E-state index in [2.05, 4.69) is 9.97 Å². The fourth-order valence-corrected chi connectivity index (χ4v) is 1.12. The fraction of sp³-hybridized carbons (Fsp3) is 0.375. The molecular formula is C8H8ClFN2O.